The van der Waals surface area contributed by atoms with Crippen molar-refractivity contribution in [2.24, 2.45) is 5.73 Å². The molecule has 1 radical (unpaired) electrons. The molecule has 0 aliphatic carbocycles. The highest BCUT2D eigenvalue weighted by Gasteiger charge is 2.15. The second kappa shape index (κ2) is 14.4. The van der Waals surface area contributed by atoms with Crippen LogP contribution in [0.2, 0.25) is 6.32 Å². The van der Waals surface area contributed by atoms with Gasteiger partial charge in [-0.1, -0.05) is 12.4 Å². The Bertz CT molecular complexity index is 1130. The lowest BCUT2D eigenvalue weighted by Gasteiger charge is -2.13. The quantitative estimate of drug-likeness (QED) is 0.207. The number of carbonyl (C=O) groups is 1. The lowest BCUT2D eigenvalue weighted by atomic mass is 9.92. The number of carbonyl (C=O) groups excluding carboxylic acids is 1. The summed E-state index contributed by atoms with van der Waals surface area (Å²) in [5, 5.41) is 3.88. The summed E-state index contributed by atoms with van der Waals surface area (Å²) in [6.07, 6.45) is 2.83. The molecule has 0 saturated heterocycles. The first kappa shape index (κ1) is 29.0. The Kier molecular flexibility index (Phi) is 11.6. The number of nitrogens with one attached hydrogen (secondary N) is 1. The summed E-state index contributed by atoms with van der Waals surface area (Å²) in [6, 6.07) is 8.10. The summed E-state index contributed by atoms with van der Waals surface area (Å²) >= 11 is 0. The van der Waals surface area contributed by atoms with Crippen LogP contribution in [0.1, 0.15) is 24.0 Å². The Morgan fingerprint density at radius 2 is 1.67 bits per heavy atom. The van der Waals surface area contributed by atoms with Crippen molar-refractivity contribution in [1.29, 1.82) is 0 Å². The average molecular weight is 519 g/mol. The zero-order valence-electron chi connectivity index (χ0n) is 20.9. The van der Waals surface area contributed by atoms with Crippen LogP contribution in [0.15, 0.2) is 35.7 Å². The molecule has 2 aromatic rings. The monoisotopic (exact) mass is 519 g/mol. The number of benzene rings is 2. The van der Waals surface area contributed by atoms with Crippen LogP contribution in [0.3, 0.4) is 0 Å². The van der Waals surface area contributed by atoms with Gasteiger partial charge in [0.05, 0.1) is 52.2 Å². The molecular weight excluding hydrogens is 487 g/mol. The molecule has 0 heterocycles. The summed E-state index contributed by atoms with van der Waals surface area (Å²) in [4.78, 5) is 12.3. The lowest BCUT2D eigenvalue weighted by Crippen LogP contribution is -2.13. The maximum absolute atomic E-state index is 12.9. The number of nitrogens with two attached hydrogens (primary N) is 1. The van der Waals surface area contributed by atoms with E-state index >= 15 is 0 Å². The number of hydrogen-bond donors (Lipinski definition) is 2. The molecule has 1 amide bonds. The predicted octanol–water partition coefficient (Wildman–Crippen LogP) is 3.00. The molecule has 0 bridgehead atoms. The van der Waals surface area contributed by atoms with E-state index in [0.29, 0.717) is 52.6 Å². The molecule has 0 aliphatic heterocycles. The maximum Gasteiger partial charge on any atom is 0.294 e. The zero-order chi connectivity index (χ0) is 26.6. The first-order valence-corrected chi connectivity index (χ1v) is 12.8. The number of ether oxygens (including phenoxy) is 4. The van der Waals surface area contributed by atoms with Gasteiger partial charge in [0, 0.05) is 24.0 Å². The Morgan fingerprint density at radius 1 is 1.00 bits per heavy atom. The summed E-state index contributed by atoms with van der Waals surface area (Å²) < 4.78 is 51.9. The Hall–Kier alpha value is -3.22. The van der Waals surface area contributed by atoms with Crippen LogP contribution in [-0.2, 0) is 25.0 Å². The van der Waals surface area contributed by atoms with Crippen molar-refractivity contribution < 1.29 is 36.8 Å². The van der Waals surface area contributed by atoms with E-state index in [1.165, 1.54) is 34.5 Å². The van der Waals surface area contributed by atoms with Gasteiger partial charge >= 0.3 is 0 Å². The van der Waals surface area contributed by atoms with E-state index in [0.717, 1.165) is 5.41 Å². The third-order valence-electron chi connectivity index (χ3n) is 5.04. The standard InChI is InChI=1S/C24H32BN2O8S/c1-31-18-13-22(33-3)19(23(14-18)34-4)9-11-36(29,30)15-17-7-8-21(32-2)20(12-17)27-24(28)6-5-10-25-35-16-26/h7-9,11-14H,5-6,10,15-16,26H2,1-4H3,(H,27,28)/b11-9+. The molecular formula is C24H32BN2O8S. The van der Waals surface area contributed by atoms with Gasteiger partial charge in [-0.25, -0.2) is 8.42 Å². The van der Waals surface area contributed by atoms with E-state index in [-0.39, 0.29) is 24.8 Å². The molecule has 0 unspecified atom stereocenters. The van der Waals surface area contributed by atoms with Crippen LogP contribution < -0.4 is 30.0 Å². The lowest BCUT2D eigenvalue weighted by molar-refractivity contribution is -0.116. The van der Waals surface area contributed by atoms with E-state index in [4.69, 9.17) is 29.3 Å². The van der Waals surface area contributed by atoms with Gasteiger partial charge in [0.15, 0.2) is 9.84 Å². The molecule has 195 valence electrons. The Labute approximate surface area is 212 Å². The van der Waals surface area contributed by atoms with Gasteiger partial charge in [-0.2, -0.15) is 0 Å². The highest BCUT2D eigenvalue weighted by Crippen LogP contribution is 2.35. The molecule has 12 heteroatoms. The first-order valence-electron chi connectivity index (χ1n) is 11.1. The SMILES string of the molecule is COc1cc(OC)c(/C=C/S(=O)(=O)Cc2ccc(OC)c(NC(=O)CCC[B]OCN)c2)c(OC)c1. The first-order chi connectivity index (χ1) is 17.3. The van der Waals surface area contributed by atoms with Gasteiger partial charge in [0.25, 0.3) is 7.48 Å². The van der Waals surface area contributed by atoms with Crippen molar-refractivity contribution >= 4 is 35.0 Å². The van der Waals surface area contributed by atoms with Crippen molar-refractivity contribution in [3.05, 3.63) is 46.9 Å². The molecule has 0 atom stereocenters. The van der Waals surface area contributed by atoms with E-state index < -0.39 is 9.84 Å². The molecule has 36 heavy (non-hydrogen) atoms. The van der Waals surface area contributed by atoms with Gasteiger partial charge < -0.3 is 34.7 Å². The third kappa shape index (κ3) is 8.78. The molecule has 0 aliphatic rings. The van der Waals surface area contributed by atoms with E-state index in [2.05, 4.69) is 5.32 Å². The average Bonchev–Trinajstić information content (AvgIpc) is 2.86. The van der Waals surface area contributed by atoms with Crippen molar-refractivity contribution in [3.63, 3.8) is 0 Å². The van der Waals surface area contributed by atoms with Gasteiger partial charge in [-0.3, -0.25) is 4.79 Å². The van der Waals surface area contributed by atoms with Gasteiger partial charge in [0.1, 0.15) is 23.0 Å². The van der Waals surface area contributed by atoms with Crippen molar-refractivity contribution in [3.8, 4) is 23.0 Å². The molecule has 0 spiro atoms. The Morgan fingerprint density at radius 3 is 2.25 bits per heavy atom. The van der Waals surface area contributed by atoms with Crippen LogP contribution in [0.5, 0.6) is 23.0 Å². The fraction of sp³-hybridized carbons (Fsp3) is 0.375. The number of sulfone groups is 1. The zero-order valence-corrected chi connectivity index (χ0v) is 21.7. The maximum atomic E-state index is 12.9. The number of methoxy groups -OCH3 is 4. The molecule has 0 saturated carbocycles. The fourth-order valence-corrected chi connectivity index (χ4v) is 4.39. The highest BCUT2D eigenvalue weighted by molar-refractivity contribution is 7.93. The second-order valence-electron chi connectivity index (χ2n) is 7.53. The normalized spacial score (nSPS) is 11.2. The van der Waals surface area contributed by atoms with Gasteiger partial charge in [-0.15, -0.1) is 0 Å². The largest absolute Gasteiger partial charge is 0.496 e. The van der Waals surface area contributed by atoms with E-state index in [9.17, 15) is 13.2 Å². The number of anilines is 1. The van der Waals surface area contributed by atoms with Crippen molar-refractivity contribution in [2.45, 2.75) is 24.9 Å². The summed E-state index contributed by atoms with van der Waals surface area (Å²) in [5.41, 5.74) is 6.57. The van der Waals surface area contributed by atoms with Crippen LogP contribution in [0, 0.1) is 0 Å². The molecule has 2 aromatic carbocycles. The minimum Gasteiger partial charge on any atom is -0.496 e. The van der Waals surface area contributed by atoms with Crippen LogP contribution in [0.4, 0.5) is 5.69 Å². The number of rotatable bonds is 15. The summed E-state index contributed by atoms with van der Waals surface area (Å²) in [5.74, 6) is 1.22. The molecule has 0 aromatic heterocycles. The van der Waals surface area contributed by atoms with E-state index in [1.54, 1.807) is 37.8 Å². The minimum atomic E-state index is -3.69. The number of amides is 1. The van der Waals surface area contributed by atoms with Crippen LogP contribution >= 0.6 is 0 Å². The fourth-order valence-electron chi connectivity index (χ4n) is 3.30. The van der Waals surface area contributed by atoms with E-state index in [1.807, 2.05) is 0 Å². The highest BCUT2D eigenvalue weighted by atomic mass is 32.2. The Balaban J connectivity index is 2.17. The summed E-state index contributed by atoms with van der Waals surface area (Å²) in [6.45, 7) is 0.0927. The van der Waals surface area contributed by atoms with Crippen LogP contribution in [-0.4, -0.2) is 57.0 Å². The predicted molar refractivity (Wildman–Crippen MR) is 139 cm³/mol. The third-order valence-corrected chi connectivity index (χ3v) is 6.33. The molecule has 10 nitrogen and oxygen atoms in total. The topological polar surface area (TPSA) is 135 Å². The second-order valence-corrected chi connectivity index (χ2v) is 9.42. The summed E-state index contributed by atoms with van der Waals surface area (Å²) in [7, 11) is 3.79. The van der Waals surface area contributed by atoms with Gasteiger partial charge in [-0.05, 0) is 30.2 Å². The van der Waals surface area contributed by atoms with Gasteiger partial charge in [0.2, 0.25) is 5.91 Å². The number of hydrogen-bond acceptors (Lipinski definition) is 9. The van der Waals surface area contributed by atoms with Crippen molar-refractivity contribution in [2.75, 3.05) is 40.5 Å². The van der Waals surface area contributed by atoms with Crippen molar-refractivity contribution in [1.82, 2.24) is 0 Å². The molecule has 3 N–H and O–H groups in total. The molecule has 2 rings (SSSR count). The minimum absolute atomic E-state index is 0.0927. The molecule has 0 fully saturated rings. The van der Waals surface area contributed by atoms with Crippen LogP contribution in [0.25, 0.3) is 6.08 Å². The smallest absolute Gasteiger partial charge is 0.294 e.